The largest absolute Gasteiger partial charge is 0.432 e. The molecular formula is C93H112Cl4N26O12. The Morgan fingerprint density at radius 3 is 1.08 bits per heavy atom. The molecule has 135 heavy (non-hydrogen) atoms. The lowest BCUT2D eigenvalue weighted by Crippen LogP contribution is -2.51. The van der Waals surface area contributed by atoms with Crippen LogP contribution in [0.3, 0.4) is 0 Å². The highest BCUT2D eigenvalue weighted by Crippen LogP contribution is 2.36. The second kappa shape index (κ2) is 46.2. The van der Waals surface area contributed by atoms with Gasteiger partial charge < -0.3 is 90.4 Å². The van der Waals surface area contributed by atoms with Crippen LogP contribution in [0.25, 0.3) is 44.5 Å². The molecule has 0 bridgehead atoms. The molecule has 6 amide bonds. The number of hydrogen-bond donors (Lipinski definition) is 6. The summed E-state index contributed by atoms with van der Waals surface area (Å²) in [6.45, 7) is 9.57. The van der Waals surface area contributed by atoms with Gasteiger partial charge in [-0.2, -0.15) is 40.3 Å². The van der Waals surface area contributed by atoms with Crippen molar-refractivity contribution >= 4 is 129 Å². The first kappa shape index (κ1) is 99.4. The molecule has 0 saturated carbocycles. The van der Waals surface area contributed by atoms with Gasteiger partial charge in [0.2, 0.25) is 23.6 Å². The fourth-order valence-electron chi connectivity index (χ4n) is 15.9. The second-order valence-corrected chi connectivity index (χ2v) is 36.4. The number of nitrogens with zero attached hydrogens (tertiary/aromatic N) is 20. The van der Waals surface area contributed by atoms with E-state index in [1.54, 1.807) is 55.0 Å². The van der Waals surface area contributed by atoms with Gasteiger partial charge in [-0.1, -0.05) is 70.7 Å². The minimum atomic E-state index is -0.472. The van der Waals surface area contributed by atoms with Crippen molar-refractivity contribution in [3.05, 3.63) is 201 Å². The second-order valence-electron chi connectivity index (χ2n) is 34.7. The third-order valence-electron chi connectivity index (χ3n) is 23.4. The molecule has 8 aromatic heterocycles. The van der Waals surface area contributed by atoms with Crippen LogP contribution in [0.5, 0.6) is 0 Å². The molecule has 12 heterocycles. The van der Waals surface area contributed by atoms with E-state index >= 15 is 0 Å². The van der Waals surface area contributed by atoms with Crippen molar-refractivity contribution in [1.29, 1.82) is 0 Å². The molecule has 10 N–H and O–H groups in total. The number of piperidine rings is 3. The van der Waals surface area contributed by atoms with E-state index in [1.807, 2.05) is 177 Å². The van der Waals surface area contributed by atoms with Gasteiger partial charge in [-0.3, -0.25) is 57.1 Å². The zero-order chi connectivity index (χ0) is 96.3. The lowest BCUT2D eigenvalue weighted by Gasteiger charge is -2.39. The predicted octanol–water partition coefficient (Wildman–Crippen LogP) is 12.2. The van der Waals surface area contributed by atoms with Crippen molar-refractivity contribution < 1.29 is 56.0 Å². The number of hydrogen-bond acceptors (Lipinski definition) is 28. The molecule has 16 rings (SSSR count). The molecule has 4 aliphatic rings. The van der Waals surface area contributed by atoms with Crippen LogP contribution in [0.2, 0.25) is 20.1 Å². The highest BCUT2D eigenvalue weighted by atomic mass is 35.5. The fourth-order valence-corrected chi connectivity index (χ4v) is 16.6. The van der Waals surface area contributed by atoms with Crippen LogP contribution < -0.4 is 33.6 Å². The minimum absolute atomic E-state index is 0.0415. The summed E-state index contributed by atoms with van der Waals surface area (Å²) in [4.78, 5) is 130. The SMILES string of the molecule is CN(C)CC(=O)N1CCC(n2cc(-c3ccc(Cl)c(NC(=O)c4coc(N)n4)c3)cn2)CC1.CN(C)CCC(=O)N1CC(Cn2cc(-c3ccc(Cl)c(CC(=O)c4coc(N)n4)c3)cn2)C1.CN(C)CCC(=O)N1CCC(n2cc(-c3ccc(Cl)c(NC(=O)c4coc(N)n4)c3)cn2)CC1.CN(C)CCCC(=O)N1CCC(n2cc(-c3ccc(Cl)c(CC(=O)c4coc(N)n4)c3)cn2)CC1. The van der Waals surface area contributed by atoms with E-state index in [1.165, 1.54) is 25.1 Å². The summed E-state index contributed by atoms with van der Waals surface area (Å²) in [6.07, 6.45) is 28.0. The highest BCUT2D eigenvalue weighted by molar-refractivity contribution is 6.35. The van der Waals surface area contributed by atoms with E-state index in [4.69, 9.17) is 87.0 Å². The summed E-state index contributed by atoms with van der Waals surface area (Å²) in [6, 6.07) is 22.4. The molecule has 4 fully saturated rings. The molecule has 12 aromatic rings. The van der Waals surface area contributed by atoms with Crippen LogP contribution in [-0.2, 0) is 38.6 Å². The molecule has 0 radical (unpaired) electrons. The summed E-state index contributed by atoms with van der Waals surface area (Å²) >= 11 is 25.2. The Hall–Kier alpha value is -13.1. The Kier molecular flexibility index (Phi) is 34.0. The maximum atomic E-state index is 12.5. The van der Waals surface area contributed by atoms with E-state index < -0.39 is 11.8 Å². The predicted molar refractivity (Wildman–Crippen MR) is 514 cm³/mol. The number of carbonyl (C=O) groups is 8. The molecule has 0 aliphatic carbocycles. The zero-order valence-corrected chi connectivity index (χ0v) is 79.5. The van der Waals surface area contributed by atoms with Crippen molar-refractivity contribution in [2.75, 3.05) is 168 Å². The first-order valence-corrected chi connectivity index (χ1v) is 45.7. The number of ketones is 2. The lowest BCUT2D eigenvalue weighted by molar-refractivity contribution is -0.138. The number of nitrogens with two attached hydrogens (primary N) is 4. The Balaban J connectivity index is 0.000000152. The summed E-state index contributed by atoms with van der Waals surface area (Å²) in [7, 11) is 15.7. The number of amides is 6. The normalized spacial score (nSPS) is 14.4. The lowest BCUT2D eigenvalue weighted by atomic mass is 9.99. The van der Waals surface area contributed by atoms with Crippen LogP contribution in [-0.4, -0.2) is 280 Å². The van der Waals surface area contributed by atoms with Crippen molar-refractivity contribution in [1.82, 2.24) is 98.3 Å². The Morgan fingerprint density at radius 2 is 0.719 bits per heavy atom. The van der Waals surface area contributed by atoms with Gasteiger partial charge in [0.1, 0.15) is 36.4 Å². The molecule has 4 saturated heterocycles. The molecule has 0 spiro atoms. The number of halogens is 4. The summed E-state index contributed by atoms with van der Waals surface area (Å²) in [5.74, 6) is -0.179. The third kappa shape index (κ3) is 27.6. The van der Waals surface area contributed by atoms with Crippen LogP contribution in [0.4, 0.5) is 35.4 Å². The van der Waals surface area contributed by atoms with Gasteiger partial charge >= 0.3 is 0 Å². The molecule has 0 unspecified atom stereocenters. The van der Waals surface area contributed by atoms with E-state index in [-0.39, 0.29) is 113 Å². The van der Waals surface area contributed by atoms with Gasteiger partial charge in [0, 0.05) is 167 Å². The van der Waals surface area contributed by atoms with E-state index in [0.717, 1.165) is 168 Å². The molecule has 38 nitrogen and oxygen atoms in total. The summed E-state index contributed by atoms with van der Waals surface area (Å²) in [5, 5.41) is 25.4. The van der Waals surface area contributed by atoms with Gasteiger partial charge in [0.25, 0.3) is 35.9 Å². The number of oxazole rings is 4. The quantitative estimate of drug-likeness (QED) is 0.0220. The first-order chi connectivity index (χ1) is 64.7. The standard InChI is InChI=1S/C25H31ClN6O3.C23H28ClN7O3.C23H27ClN6O3.C22H26ClN7O3/c1-30(2)9-3-4-24(34)31-10-7-20(8-11-31)32-15-19(14-28-32)17-5-6-21(26)18(12-17)13-23(33)22-16-35-25(27)29-22;1-29(2)8-7-21(32)30-9-5-17(6-10-30)31-13-16(12-26-31)15-3-4-18(24)19(11-15)27-22(33)20-14-34-23(25)28-20;1-28(2)6-5-22(32)29-10-15(11-29)12-30-13-18(9-26-30)16-3-4-19(24)17(7-16)8-21(31)20-14-33-23(25)27-20;1-28(2)12-20(31)29-7-5-16(6-8-29)30-11-15(10-25-30)14-3-4-17(23)18(9-14)26-21(32)19-13-33-22(24)27-19/h5-6,12,14-16,20H,3-4,7-11,13H2,1-2H3,(H2,27,29);3-4,11-14,17H,5-10H2,1-2H3,(H2,25,28)(H,27,33);3-4,7,9,13-15H,5-6,8,10-12H2,1-2H3,(H2,25,27);3-4,9-11,13,16H,5-8,12H2,1-2H3,(H2,24,27)(H,26,32). The molecule has 714 valence electrons. The number of aromatic nitrogens is 12. The number of nitrogen functional groups attached to an aromatic ring is 4. The smallest absolute Gasteiger partial charge is 0.292 e. The number of likely N-dealkylation sites (tertiary alicyclic amines) is 4. The number of likely N-dealkylation sites (N-methyl/N-ethyl adjacent to an activating group) is 1. The number of nitrogens with one attached hydrogen (secondary N) is 2. The van der Waals surface area contributed by atoms with Crippen molar-refractivity contribution in [2.24, 2.45) is 5.92 Å². The van der Waals surface area contributed by atoms with Crippen molar-refractivity contribution in [3.63, 3.8) is 0 Å². The Morgan fingerprint density at radius 1 is 0.385 bits per heavy atom. The number of benzene rings is 4. The van der Waals surface area contributed by atoms with Gasteiger partial charge in [-0.05, 0) is 190 Å². The molecule has 4 aliphatic heterocycles. The van der Waals surface area contributed by atoms with Crippen LogP contribution in [0.1, 0.15) is 135 Å². The van der Waals surface area contributed by atoms with Crippen molar-refractivity contribution in [3.8, 4) is 44.5 Å². The van der Waals surface area contributed by atoms with E-state index in [9.17, 15) is 38.4 Å². The highest BCUT2D eigenvalue weighted by Gasteiger charge is 2.33. The Bertz CT molecular complexity index is 6090. The van der Waals surface area contributed by atoms with Gasteiger partial charge in [0.05, 0.1) is 70.9 Å². The third-order valence-corrected chi connectivity index (χ3v) is 24.8. The average Bonchev–Trinajstić information content (AvgIpc) is 1.68. The number of rotatable bonds is 31. The zero-order valence-electron chi connectivity index (χ0n) is 76.5. The number of carbonyl (C=O) groups excluding carboxylic acids is 8. The topological polar surface area (TPSA) is 466 Å². The van der Waals surface area contributed by atoms with Crippen molar-refractivity contribution in [2.45, 2.75) is 102 Å². The van der Waals surface area contributed by atoms with E-state index in [0.29, 0.717) is 74.3 Å². The van der Waals surface area contributed by atoms with Crippen LogP contribution in [0, 0.1) is 5.92 Å². The maximum absolute atomic E-state index is 12.5. The first-order valence-electron chi connectivity index (χ1n) is 44.2. The van der Waals surface area contributed by atoms with Crippen LogP contribution >= 0.6 is 46.4 Å². The minimum Gasteiger partial charge on any atom is -0.432 e. The molecular weight excluding hydrogens is 1820 g/mol. The maximum Gasteiger partial charge on any atom is 0.292 e. The summed E-state index contributed by atoms with van der Waals surface area (Å²) in [5.41, 5.74) is 31.8. The fraction of sp³-hybridized carbons (Fsp3) is 0.398. The summed E-state index contributed by atoms with van der Waals surface area (Å²) < 4.78 is 27.4. The number of Topliss-reactive ketones (excluding diaryl/α,β-unsaturated/α-hetero) is 2. The van der Waals surface area contributed by atoms with Gasteiger partial charge in [-0.25, -0.2) is 0 Å². The Labute approximate surface area is 800 Å². The van der Waals surface area contributed by atoms with Gasteiger partial charge in [0.15, 0.2) is 23.0 Å². The average molecular weight is 1930 g/mol. The van der Waals surface area contributed by atoms with E-state index in [2.05, 4.69) is 55.9 Å². The molecule has 4 aromatic carbocycles. The van der Waals surface area contributed by atoms with Crippen LogP contribution in [0.15, 0.2) is 165 Å². The molecule has 42 heteroatoms. The van der Waals surface area contributed by atoms with Gasteiger partial charge in [-0.15, -0.1) is 0 Å². The number of anilines is 6. The monoisotopic (exact) mass is 1920 g/mol. The molecule has 0 atom stereocenters.